The Morgan fingerprint density at radius 2 is 1.76 bits per heavy atom. The van der Waals surface area contributed by atoms with Gasteiger partial charge in [-0.05, 0) is 63.2 Å². The highest BCUT2D eigenvalue weighted by Gasteiger charge is 2.02. The van der Waals surface area contributed by atoms with Crippen LogP contribution in [0, 0.1) is 17.3 Å². The molecule has 2 rings (SSSR count). The fourth-order valence-electron chi connectivity index (χ4n) is 2.55. The molecule has 2 nitrogen and oxygen atoms in total. The molecule has 154 valence electrons. The van der Waals surface area contributed by atoms with Crippen LogP contribution in [-0.2, 0) is 6.54 Å². The number of hydrogen-bond acceptors (Lipinski definition) is 2. The molecule has 0 aromatic heterocycles. The fourth-order valence-corrected chi connectivity index (χ4v) is 2.55. The molecule has 0 aliphatic carbocycles. The first-order valence-electron chi connectivity index (χ1n) is 9.72. The second kappa shape index (κ2) is 12.9. The molecule has 2 aromatic carbocycles. The van der Waals surface area contributed by atoms with Crippen molar-refractivity contribution in [2.75, 3.05) is 20.2 Å². The summed E-state index contributed by atoms with van der Waals surface area (Å²) in [5.41, 5.74) is 2.47. The van der Waals surface area contributed by atoms with Crippen LogP contribution in [0.3, 0.4) is 0 Å². The van der Waals surface area contributed by atoms with Crippen molar-refractivity contribution in [3.8, 4) is 17.6 Å². The van der Waals surface area contributed by atoms with Gasteiger partial charge in [0.05, 0.1) is 0 Å². The third kappa shape index (κ3) is 11.2. The van der Waals surface area contributed by atoms with Crippen molar-refractivity contribution in [2.45, 2.75) is 27.3 Å². The molecule has 2 aromatic rings. The maximum Gasteiger partial charge on any atom is 0.120 e. The highest BCUT2D eigenvalue weighted by atomic mass is 35.5. The molecule has 29 heavy (non-hydrogen) atoms. The Morgan fingerprint density at radius 1 is 1.00 bits per heavy atom. The van der Waals surface area contributed by atoms with Crippen molar-refractivity contribution in [1.82, 2.24) is 4.90 Å². The zero-order chi connectivity index (χ0) is 20.2. The molecule has 0 aliphatic rings. The van der Waals surface area contributed by atoms with Gasteiger partial charge in [-0.25, -0.2) is 0 Å². The molecule has 0 heterocycles. The minimum atomic E-state index is 0. The summed E-state index contributed by atoms with van der Waals surface area (Å²) in [6.45, 7) is 8.65. The van der Waals surface area contributed by atoms with E-state index in [-0.39, 0.29) is 17.8 Å². The third-order valence-electron chi connectivity index (χ3n) is 3.87. The molecule has 0 aliphatic heterocycles. The second-order valence-electron chi connectivity index (χ2n) is 7.89. The number of allylic oxidation sites excluding steroid dienone is 1. The Balaban J connectivity index is 0.00000420. The van der Waals surface area contributed by atoms with E-state index < -0.39 is 0 Å². The van der Waals surface area contributed by atoms with Gasteiger partial charge < -0.3 is 4.74 Å². The molecule has 0 amide bonds. The molecule has 0 bridgehead atoms. The Hall–Kier alpha value is -2.47. The number of hydrogen-bond donors (Lipinski definition) is 0. The van der Waals surface area contributed by atoms with Gasteiger partial charge >= 0.3 is 0 Å². The monoisotopic (exact) mass is 409 g/mol. The fraction of sp³-hybridized carbons (Fsp3) is 0.308. The summed E-state index contributed by atoms with van der Waals surface area (Å²) >= 11 is 0. The number of likely N-dealkylation sites (N-methyl/N-ethyl adjacent to an activating group) is 1. The van der Waals surface area contributed by atoms with Gasteiger partial charge in [0.15, 0.2) is 0 Å². The average molecular weight is 410 g/mol. The number of nitrogens with zero attached hydrogens (tertiary/aromatic N) is 1. The van der Waals surface area contributed by atoms with E-state index in [2.05, 4.69) is 81.0 Å². The van der Waals surface area contributed by atoms with Crippen molar-refractivity contribution in [2.24, 2.45) is 5.41 Å². The van der Waals surface area contributed by atoms with Gasteiger partial charge in [0.25, 0.3) is 0 Å². The number of benzene rings is 2. The van der Waals surface area contributed by atoms with Crippen LogP contribution in [0.2, 0.25) is 0 Å². The summed E-state index contributed by atoms with van der Waals surface area (Å²) in [7, 11) is 2.11. The van der Waals surface area contributed by atoms with Crippen LogP contribution in [0.1, 0.15) is 31.9 Å². The zero-order valence-electron chi connectivity index (χ0n) is 17.9. The molecule has 0 unspecified atom stereocenters. The summed E-state index contributed by atoms with van der Waals surface area (Å²) in [4.78, 5) is 2.25. The van der Waals surface area contributed by atoms with Crippen LogP contribution >= 0.6 is 12.4 Å². The van der Waals surface area contributed by atoms with E-state index in [4.69, 9.17) is 4.74 Å². The first-order chi connectivity index (χ1) is 13.4. The number of halogens is 1. The molecular weight excluding hydrogens is 378 g/mol. The Kier molecular flexibility index (Phi) is 10.9. The first-order valence-corrected chi connectivity index (χ1v) is 9.72. The topological polar surface area (TPSA) is 12.5 Å². The minimum absolute atomic E-state index is 0. The van der Waals surface area contributed by atoms with Crippen LogP contribution < -0.4 is 4.74 Å². The van der Waals surface area contributed by atoms with E-state index >= 15 is 0 Å². The quantitative estimate of drug-likeness (QED) is 0.478. The van der Waals surface area contributed by atoms with Gasteiger partial charge in [-0.15, -0.1) is 12.4 Å². The lowest BCUT2D eigenvalue weighted by molar-refractivity contribution is 0.353. The van der Waals surface area contributed by atoms with Gasteiger partial charge in [-0.1, -0.05) is 66.5 Å². The summed E-state index contributed by atoms with van der Waals surface area (Å²) in [6, 6.07) is 18.5. The number of ether oxygens (including phenoxy) is 1. The van der Waals surface area contributed by atoms with E-state index in [1.54, 1.807) is 0 Å². The largest absolute Gasteiger partial charge is 0.490 e. The molecule has 0 radical (unpaired) electrons. The van der Waals surface area contributed by atoms with E-state index in [0.29, 0.717) is 6.61 Å². The van der Waals surface area contributed by atoms with Gasteiger partial charge in [0.1, 0.15) is 12.4 Å². The van der Waals surface area contributed by atoms with E-state index in [0.717, 1.165) is 18.8 Å². The van der Waals surface area contributed by atoms with Crippen molar-refractivity contribution >= 4 is 18.5 Å². The SMILES string of the molecule is CN(C/C=C/C#CC(C)(C)C)Cc1cccc(OC/C=C/c2ccccc2)c1.Cl. The summed E-state index contributed by atoms with van der Waals surface area (Å²) in [6.07, 6.45) is 8.16. The van der Waals surface area contributed by atoms with Gasteiger partial charge in [0, 0.05) is 18.5 Å². The van der Waals surface area contributed by atoms with Crippen molar-refractivity contribution in [3.63, 3.8) is 0 Å². The molecule has 0 fully saturated rings. The molecule has 3 heteroatoms. The number of rotatable bonds is 8. The van der Waals surface area contributed by atoms with Gasteiger partial charge in [-0.3, -0.25) is 4.90 Å². The van der Waals surface area contributed by atoms with Crippen LogP contribution in [0.25, 0.3) is 6.08 Å². The standard InChI is InChI=1S/C26H31NO.ClH/c1-26(2,3)18-9-6-10-19-27(4)22-24-15-11-17-25(21-24)28-20-12-16-23-13-7-5-8-14-23;/h5-8,10-17,21H,19-20,22H2,1-4H3;1H/b10-6+,16-12+;. The second-order valence-corrected chi connectivity index (χ2v) is 7.89. The normalized spacial score (nSPS) is 11.3. The zero-order valence-corrected chi connectivity index (χ0v) is 18.7. The first kappa shape index (κ1) is 24.6. The van der Waals surface area contributed by atoms with Gasteiger partial charge in [-0.2, -0.15) is 0 Å². The lowest BCUT2D eigenvalue weighted by Gasteiger charge is -2.15. The predicted octanol–water partition coefficient (Wildman–Crippen LogP) is 6.24. The van der Waals surface area contributed by atoms with Crippen molar-refractivity contribution < 1.29 is 4.74 Å². The molecular formula is C26H32ClNO. The van der Waals surface area contributed by atoms with Crippen LogP contribution in [0.4, 0.5) is 0 Å². The maximum absolute atomic E-state index is 5.86. The summed E-state index contributed by atoms with van der Waals surface area (Å²) < 4.78 is 5.86. The molecule has 0 N–H and O–H groups in total. The highest BCUT2D eigenvalue weighted by Crippen LogP contribution is 2.15. The molecule has 0 atom stereocenters. The van der Waals surface area contributed by atoms with E-state index in [1.807, 2.05) is 42.5 Å². The molecule has 0 saturated carbocycles. The third-order valence-corrected chi connectivity index (χ3v) is 3.87. The molecule has 0 spiro atoms. The Morgan fingerprint density at radius 3 is 2.48 bits per heavy atom. The summed E-state index contributed by atoms with van der Waals surface area (Å²) in [5, 5.41) is 0. The van der Waals surface area contributed by atoms with Crippen LogP contribution in [-0.4, -0.2) is 25.1 Å². The van der Waals surface area contributed by atoms with Crippen LogP contribution in [0.15, 0.2) is 72.8 Å². The van der Waals surface area contributed by atoms with E-state index in [1.165, 1.54) is 11.1 Å². The molecule has 0 saturated heterocycles. The van der Waals surface area contributed by atoms with E-state index in [9.17, 15) is 0 Å². The Labute approximate surface area is 182 Å². The smallest absolute Gasteiger partial charge is 0.120 e. The van der Waals surface area contributed by atoms with Crippen molar-refractivity contribution in [3.05, 3.63) is 84.0 Å². The van der Waals surface area contributed by atoms with Gasteiger partial charge in [0.2, 0.25) is 0 Å². The lowest BCUT2D eigenvalue weighted by Crippen LogP contribution is -2.17. The minimum Gasteiger partial charge on any atom is -0.490 e. The van der Waals surface area contributed by atoms with Crippen LogP contribution in [0.5, 0.6) is 5.75 Å². The highest BCUT2D eigenvalue weighted by molar-refractivity contribution is 5.85. The Bertz CT molecular complexity index is 838. The average Bonchev–Trinajstić information content (AvgIpc) is 2.65. The predicted molar refractivity (Wildman–Crippen MR) is 127 cm³/mol. The maximum atomic E-state index is 5.86. The van der Waals surface area contributed by atoms with Crippen molar-refractivity contribution in [1.29, 1.82) is 0 Å². The summed E-state index contributed by atoms with van der Waals surface area (Å²) in [5.74, 6) is 7.22. The lowest BCUT2D eigenvalue weighted by atomic mass is 9.98.